The molecule has 0 atom stereocenters. The van der Waals surface area contributed by atoms with E-state index in [1.165, 1.54) is 30.6 Å². The van der Waals surface area contributed by atoms with Crippen LogP contribution in [-0.2, 0) is 39.0 Å². The van der Waals surface area contributed by atoms with Crippen LogP contribution in [0.15, 0.2) is 90.3 Å². The molecule has 238 valence electrons. The minimum absolute atomic E-state index is 0. The predicted molar refractivity (Wildman–Crippen MR) is 177 cm³/mol. The van der Waals surface area contributed by atoms with E-state index >= 15 is 0 Å². The fraction of sp³-hybridized carbons (Fsp3) is 0.129. The number of carboxylic acid groups (broad SMARTS) is 1. The summed E-state index contributed by atoms with van der Waals surface area (Å²) in [5.41, 5.74) is 10.5. The topological polar surface area (TPSA) is 184 Å². The van der Waals surface area contributed by atoms with E-state index in [0.29, 0.717) is 40.5 Å². The molecular weight excluding hydrogens is 816 g/mol. The van der Waals surface area contributed by atoms with Crippen molar-refractivity contribution in [1.29, 1.82) is 0 Å². The predicted octanol–water partition coefficient (Wildman–Crippen LogP) is 0.231. The zero-order chi connectivity index (χ0) is 33.4. The minimum atomic E-state index is -3.70. The number of aldehydes is 1. The average molecular weight is 843 g/mol. The van der Waals surface area contributed by atoms with Crippen LogP contribution >= 0.6 is 23.2 Å². The Labute approximate surface area is 349 Å². The van der Waals surface area contributed by atoms with E-state index in [-0.39, 0.29) is 101 Å². The molecule has 0 aliphatic carbocycles. The Kier molecular flexibility index (Phi) is 16.6. The molecule has 17 heteroatoms. The van der Waals surface area contributed by atoms with E-state index in [9.17, 15) is 27.9 Å². The van der Waals surface area contributed by atoms with Crippen molar-refractivity contribution in [3.63, 3.8) is 0 Å². The molecule has 0 unspecified atom stereocenters. The van der Waals surface area contributed by atoms with Crippen molar-refractivity contribution in [2.24, 2.45) is 0 Å². The number of fused-ring (bicyclic) bond motifs is 1. The summed E-state index contributed by atoms with van der Waals surface area (Å²) in [6, 6.07) is 16.7. The van der Waals surface area contributed by atoms with Crippen molar-refractivity contribution in [1.82, 2.24) is 19.4 Å². The molecule has 0 saturated carbocycles. The second-order valence-corrected chi connectivity index (χ2v) is 12.7. The molecule has 48 heavy (non-hydrogen) atoms. The number of carbonyl (C=O) groups is 3. The number of H-pyrrole nitrogens is 1. The molecule has 3 heterocycles. The molecule has 0 radical (unpaired) electrons. The SMILES string of the molecule is Cc1ccc(S(=O)(=O)n2cc(C=O)cn2)cc1.Nc1ccc(Cl)cc1CC(=O)[O-].O=C1Cc2cc(Cl)ccc2N1Cc1cn[nH]c1.[Ba+2].[Na+]. The summed E-state index contributed by atoms with van der Waals surface area (Å²) in [7, 11) is -3.70. The summed E-state index contributed by atoms with van der Waals surface area (Å²) in [4.78, 5) is 34.5. The number of aromatic amines is 1. The molecule has 1 aliphatic heterocycles. The van der Waals surface area contributed by atoms with Gasteiger partial charge in [-0.05, 0) is 66.6 Å². The van der Waals surface area contributed by atoms with Gasteiger partial charge in [-0.15, -0.1) is 0 Å². The fourth-order valence-electron chi connectivity index (χ4n) is 4.28. The molecule has 2 aromatic heterocycles. The Hall–Kier alpha value is -2.41. The number of hydrogen-bond acceptors (Lipinski definition) is 9. The van der Waals surface area contributed by atoms with Gasteiger partial charge in [0.25, 0.3) is 10.0 Å². The number of rotatable bonds is 7. The second-order valence-electron chi connectivity index (χ2n) is 10.0. The Morgan fingerprint density at radius 2 is 1.73 bits per heavy atom. The first-order valence-corrected chi connectivity index (χ1v) is 15.7. The normalized spacial score (nSPS) is 11.5. The Morgan fingerprint density at radius 3 is 2.33 bits per heavy atom. The van der Waals surface area contributed by atoms with Gasteiger partial charge in [0.1, 0.15) is 0 Å². The number of carboxylic acids is 1. The summed E-state index contributed by atoms with van der Waals surface area (Å²) in [5.74, 6) is -1.06. The molecule has 0 fully saturated rings. The molecule has 5 aromatic rings. The maximum Gasteiger partial charge on any atom is 2.00 e. The van der Waals surface area contributed by atoms with Gasteiger partial charge in [0.2, 0.25) is 5.91 Å². The largest absolute Gasteiger partial charge is 2.00 e. The van der Waals surface area contributed by atoms with Crippen LogP contribution in [0, 0.1) is 6.92 Å². The number of hydrogen-bond donors (Lipinski definition) is 2. The number of halogens is 2. The standard InChI is InChI=1S/C12H10ClN3O.C11H10N2O3S.C8H8ClNO2.Ba.Na/c13-10-1-2-11-9(3-10)4-12(17)16(11)7-8-5-14-15-6-8;1-9-2-4-11(5-3-9)17(15,16)13-7-10(8-14)6-12-13;9-6-1-2-7(10)5(3-6)4-8(11)12;;/h1-3,5-6H,4,7H2,(H,14,15);2-8H,1H3;1-3H,4,10H2,(H,11,12);;/q;;;+2;+1/p-1. The van der Waals surface area contributed by atoms with E-state index in [2.05, 4.69) is 15.3 Å². The van der Waals surface area contributed by atoms with Gasteiger partial charge >= 0.3 is 78.4 Å². The number of aromatic nitrogens is 4. The third kappa shape index (κ3) is 11.3. The first-order valence-electron chi connectivity index (χ1n) is 13.5. The van der Waals surface area contributed by atoms with Crippen molar-refractivity contribution in [3.05, 3.63) is 123 Å². The van der Waals surface area contributed by atoms with Crippen LogP contribution in [-0.4, -0.2) is 94.8 Å². The summed E-state index contributed by atoms with van der Waals surface area (Å²) in [5, 5.41) is 21.6. The van der Waals surface area contributed by atoms with Gasteiger partial charge < -0.3 is 20.5 Å². The van der Waals surface area contributed by atoms with E-state index in [1.54, 1.807) is 47.6 Å². The van der Waals surface area contributed by atoms with Crippen LogP contribution in [0.5, 0.6) is 0 Å². The molecule has 0 saturated heterocycles. The van der Waals surface area contributed by atoms with E-state index < -0.39 is 16.0 Å². The van der Waals surface area contributed by atoms with Crippen LogP contribution in [0.4, 0.5) is 11.4 Å². The third-order valence-corrected chi connectivity index (χ3v) is 8.62. The van der Waals surface area contributed by atoms with Gasteiger partial charge in [-0.3, -0.25) is 14.7 Å². The molecule has 3 N–H and O–H groups in total. The number of aliphatic carboxylic acids is 1. The monoisotopic (exact) mass is 842 g/mol. The van der Waals surface area contributed by atoms with E-state index in [1.807, 2.05) is 19.1 Å². The van der Waals surface area contributed by atoms with Crippen LogP contribution in [0.2, 0.25) is 10.0 Å². The Morgan fingerprint density at radius 1 is 1.06 bits per heavy atom. The Balaban J connectivity index is 0.000000249. The van der Waals surface area contributed by atoms with Crippen LogP contribution < -0.4 is 45.3 Å². The minimum Gasteiger partial charge on any atom is -0.550 e. The third-order valence-electron chi connectivity index (χ3n) is 6.59. The number of nitrogens with zero attached hydrogens (tertiary/aromatic N) is 4. The van der Waals surface area contributed by atoms with Gasteiger partial charge in [0, 0.05) is 45.6 Å². The van der Waals surface area contributed by atoms with Gasteiger partial charge in [-0.25, -0.2) is 0 Å². The zero-order valence-corrected chi connectivity index (χ0v) is 34.7. The molecule has 6 rings (SSSR count). The van der Waals surface area contributed by atoms with E-state index in [4.69, 9.17) is 28.9 Å². The van der Waals surface area contributed by atoms with Crippen molar-refractivity contribution >= 4 is 112 Å². The number of aryl methyl sites for hydroxylation is 1. The van der Waals surface area contributed by atoms with Crippen molar-refractivity contribution in [2.75, 3.05) is 10.6 Å². The molecule has 0 bridgehead atoms. The number of carbonyl (C=O) groups excluding carboxylic acids is 3. The molecule has 0 spiro atoms. The maximum absolute atomic E-state index is 12.1. The molecule has 12 nitrogen and oxygen atoms in total. The molecule has 3 aromatic carbocycles. The zero-order valence-electron chi connectivity index (χ0n) is 26.0. The number of benzene rings is 3. The number of amides is 1. The maximum atomic E-state index is 12.1. The average Bonchev–Trinajstić information content (AvgIpc) is 3.77. The summed E-state index contributed by atoms with van der Waals surface area (Å²) < 4.78 is 24.9. The molecular formula is C31H27BaCl2N6NaO6S+2. The second kappa shape index (κ2) is 19.1. The van der Waals surface area contributed by atoms with Gasteiger partial charge in [-0.1, -0.05) is 40.9 Å². The van der Waals surface area contributed by atoms with Crippen molar-refractivity contribution in [3.8, 4) is 0 Å². The Bertz CT molecular complexity index is 1980. The fourth-order valence-corrected chi connectivity index (χ4v) is 5.80. The number of nitrogens with two attached hydrogens (primary N) is 1. The van der Waals surface area contributed by atoms with Crippen LogP contribution in [0.1, 0.15) is 32.6 Å². The van der Waals surface area contributed by atoms with Gasteiger partial charge in [0.15, 0.2) is 6.29 Å². The first-order chi connectivity index (χ1) is 21.9. The summed E-state index contributed by atoms with van der Waals surface area (Å²) in [6.07, 6.45) is 6.68. The summed E-state index contributed by atoms with van der Waals surface area (Å²) >= 11 is 11.5. The van der Waals surface area contributed by atoms with Crippen molar-refractivity contribution in [2.45, 2.75) is 31.2 Å². The summed E-state index contributed by atoms with van der Waals surface area (Å²) in [6.45, 7) is 2.42. The number of nitrogen functional groups attached to an aromatic ring is 1. The van der Waals surface area contributed by atoms with E-state index in [0.717, 1.165) is 26.5 Å². The van der Waals surface area contributed by atoms with Gasteiger partial charge in [-0.2, -0.15) is 22.7 Å². The quantitative estimate of drug-likeness (QED) is 0.132. The van der Waals surface area contributed by atoms with Gasteiger partial charge in [0.05, 0.1) is 42.0 Å². The molecule has 1 aliphatic rings. The van der Waals surface area contributed by atoms with Crippen LogP contribution in [0.3, 0.4) is 0 Å². The van der Waals surface area contributed by atoms with Crippen LogP contribution in [0.25, 0.3) is 0 Å². The first kappa shape index (κ1) is 41.8. The smallest absolute Gasteiger partial charge is 0.550 e. The molecule has 1 amide bonds. The number of anilines is 2. The number of nitrogens with one attached hydrogen (secondary N) is 1. The van der Waals surface area contributed by atoms with Crippen molar-refractivity contribution < 1.29 is 57.5 Å².